The normalized spacial score (nSPS) is 19.6. The molecule has 0 spiro atoms. The zero-order valence-electron chi connectivity index (χ0n) is 14.0. The number of nitrogens with zero attached hydrogens (tertiary/aromatic N) is 3. The molecule has 0 N–H and O–H groups in total. The topological polar surface area (TPSA) is 73.7 Å². The van der Waals surface area contributed by atoms with Crippen LogP contribution in [0.3, 0.4) is 0 Å². The van der Waals surface area contributed by atoms with Crippen LogP contribution in [0, 0.1) is 5.92 Å². The van der Waals surface area contributed by atoms with Crippen molar-refractivity contribution in [2.24, 2.45) is 5.92 Å². The lowest BCUT2D eigenvalue weighted by Crippen LogP contribution is -2.43. The van der Waals surface area contributed by atoms with Crippen LogP contribution in [0.15, 0.2) is 35.3 Å². The Balaban J connectivity index is 1.43. The van der Waals surface area contributed by atoms with E-state index in [1.165, 1.54) is 6.20 Å². The van der Waals surface area contributed by atoms with Crippen molar-refractivity contribution in [1.82, 2.24) is 14.7 Å². The molecule has 2 aromatic rings. The van der Waals surface area contributed by atoms with Gasteiger partial charge in [-0.1, -0.05) is 12.1 Å². The highest BCUT2D eigenvalue weighted by Gasteiger charge is 2.31. The quantitative estimate of drug-likeness (QED) is 0.831. The molecule has 0 unspecified atom stereocenters. The molecular formula is C18H21N3O4. The van der Waals surface area contributed by atoms with Crippen LogP contribution in [0.1, 0.15) is 12.8 Å². The van der Waals surface area contributed by atoms with Crippen LogP contribution in [0.4, 0.5) is 0 Å². The summed E-state index contributed by atoms with van der Waals surface area (Å²) in [6.45, 7) is 2.86. The number of fused-ring (bicyclic) bond motifs is 1. The van der Waals surface area contributed by atoms with Gasteiger partial charge in [-0.15, -0.1) is 0 Å². The fourth-order valence-electron chi connectivity index (χ4n) is 3.58. The third-order valence-corrected chi connectivity index (χ3v) is 4.97. The second kappa shape index (κ2) is 6.93. The van der Waals surface area contributed by atoms with Crippen molar-refractivity contribution in [3.63, 3.8) is 0 Å². The molecule has 7 heteroatoms. The Morgan fingerprint density at radius 1 is 1.16 bits per heavy atom. The Morgan fingerprint density at radius 2 is 1.88 bits per heavy atom. The second-order valence-electron chi connectivity index (χ2n) is 6.51. The Kier molecular flexibility index (Phi) is 4.50. The molecule has 1 amide bonds. The molecule has 2 aliphatic heterocycles. The van der Waals surface area contributed by atoms with Gasteiger partial charge in [-0.2, -0.15) is 5.10 Å². The Morgan fingerprint density at radius 3 is 2.64 bits per heavy atom. The number of para-hydroxylation sites is 1. The van der Waals surface area contributed by atoms with E-state index >= 15 is 0 Å². The Labute approximate surface area is 145 Å². The third-order valence-electron chi connectivity index (χ3n) is 4.97. The Bertz CT molecular complexity index is 820. The number of hydrogen-bond acceptors (Lipinski definition) is 5. The smallest absolute Gasteiger partial charge is 0.244 e. The molecule has 0 saturated carbocycles. The summed E-state index contributed by atoms with van der Waals surface area (Å²) in [5.74, 6) is 0.380. The third kappa shape index (κ3) is 3.29. The number of carbonyl (C=O) groups is 1. The number of likely N-dealkylation sites (tertiary alicyclic amines) is 1. The molecule has 0 bridgehead atoms. The first kappa shape index (κ1) is 16.2. The van der Waals surface area contributed by atoms with Crippen molar-refractivity contribution >= 4 is 16.8 Å². The lowest BCUT2D eigenvalue weighted by Gasteiger charge is -2.34. The molecular weight excluding hydrogens is 322 g/mol. The molecule has 2 fully saturated rings. The van der Waals surface area contributed by atoms with E-state index < -0.39 is 0 Å². The standard InChI is InChI=1S/C18H21N3O4/c22-16-11-19-21(15-4-2-1-3-14(15)16)12-17(23)20-7-5-13(6-8-20)18-24-9-10-25-18/h1-4,11,13,18H,5-10,12H2. The summed E-state index contributed by atoms with van der Waals surface area (Å²) in [5, 5.41) is 4.72. The van der Waals surface area contributed by atoms with E-state index in [-0.39, 0.29) is 24.2 Å². The van der Waals surface area contributed by atoms with Crippen LogP contribution in [0.2, 0.25) is 0 Å². The molecule has 1 aromatic heterocycles. The maximum Gasteiger partial charge on any atom is 0.244 e. The number of piperidine rings is 1. The van der Waals surface area contributed by atoms with Gasteiger partial charge in [0.25, 0.3) is 0 Å². The molecule has 0 radical (unpaired) electrons. The minimum Gasteiger partial charge on any atom is -0.350 e. The lowest BCUT2D eigenvalue weighted by molar-refractivity contribution is -0.137. The number of benzene rings is 1. The van der Waals surface area contributed by atoms with E-state index in [0.29, 0.717) is 43.1 Å². The highest BCUT2D eigenvalue weighted by molar-refractivity contribution is 5.81. The summed E-state index contributed by atoms with van der Waals surface area (Å²) in [5.41, 5.74) is 0.558. The maximum absolute atomic E-state index is 12.6. The van der Waals surface area contributed by atoms with Crippen molar-refractivity contribution < 1.29 is 14.3 Å². The molecule has 0 aliphatic carbocycles. The first-order chi connectivity index (χ1) is 12.2. The van der Waals surface area contributed by atoms with Gasteiger partial charge in [-0.05, 0) is 25.0 Å². The molecule has 4 rings (SSSR count). The minimum atomic E-state index is -0.128. The van der Waals surface area contributed by atoms with Gasteiger partial charge in [-0.25, -0.2) is 0 Å². The van der Waals surface area contributed by atoms with Crippen molar-refractivity contribution in [2.75, 3.05) is 26.3 Å². The molecule has 132 valence electrons. The summed E-state index contributed by atoms with van der Waals surface area (Å²) < 4.78 is 12.8. The van der Waals surface area contributed by atoms with Crippen molar-refractivity contribution in [3.8, 4) is 0 Å². The first-order valence-corrected chi connectivity index (χ1v) is 8.68. The predicted octanol–water partition coefficient (Wildman–Crippen LogP) is 1.01. The van der Waals surface area contributed by atoms with E-state index in [9.17, 15) is 9.59 Å². The van der Waals surface area contributed by atoms with Gasteiger partial charge in [0, 0.05) is 24.4 Å². The minimum absolute atomic E-state index is 0.0213. The molecule has 0 atom stereocenters. The van der Waals surface area contributed by atoms with Crippen molar-refractivity contribution in [1.29, 1.82) is 0 Å². The SMILES string of the molecule is O=C(Cn1ncc(=O)c2ccccc21)N1CCC(C2OCCO2)CC1. The van der Waals surface area contributed by atoms with Gasteiger partial charge >= 0.3 is 0 Å². The lowest BCUT2D eigenvalue weighted by atomic mass is 9.96. The molecule has 3 heterocycles. The maximum atomic E-state index is 12.6. The zero-order chi connectivity index (χ0) is 17.2. The van der Waals surface area contributed by atoms with Gasteiger partial charge in [0.1, 0.15) is 6.54 Å². The van der Waals surface area contributed by atoms with E-state index in [4.69, 9.17) is 9.47 Å². The number of aromatic nitrogens is 2. The average Bonchev–Trinajstić information content (AvgIpc) is 3.19. The molecule has 7 nitrogen and oxygen atoms in total. The van der Waals surface area contributed by atoms with Gasteiger partial charge in [0.05, 0.1) is 24.9 Å². The fraction of sp³-hybridized carbons (Fsp3) is 0.500. The van der Waals surface area contributed by atoms with Crippen LogP contribution in [0.5, 0.6) is 0 Å². The molecule has 2 aliphatic rings. The molecule has 1 aromatic carbocycles. The van der Waals surface area contributed by atoms with E-state index in [1.54, 1.807) is 10.7 Å². The van der Waals surface area contributed by atoms with Crippen LogP contribution in [-0.4, -0.2) is 53.2 Å². The predicted molar refractivity (Wildman–Crippen MR) is 91.0 cm³/mol. The summed E-state index contributed by atoms with van der Waals surface area (Å²) in [7, 11) is 0. The number of amides is 1. The summed E-state index contributed by atoms with van der Waals surface area (Å²) in [4.78, 5) is 26.4. The van der Waals surface area contributed by atoms with Gasteiger partial charge < -0.3 is 14.4 Å². The first-order valence-electron chi connectivity index (χ1n) is 8.68. The van der Waals surface area contributed by atoms with Crippen LogP contribution in [0.25, 0.3) is 10.9 Å². The number of carbonyl (C=O) groups excluding carboxylic acids is 1. The number of hydrogen-bond donors (Lipinski definition) is 0. The highest BCUT2D eigenvalue weighted by Crippen LogP contribution is 2.26. The second-order valence-corrected chi connectivity index (χ2v) is 6.51. The van der Waals surface area contributed by atoms with Crippen LogP contribution >= 0.6 is 0 Å². The van der Waals surface area contributed by atoms with Crippen molar-refractivity contribution in [2.45, 2.75) is 25.7 Å². The van der Waals surface area contributed by atoms with E-state index in [0.717, 1.165) is 12.8 Å². The zero-order valence-corrected chi connectivity index (χ0v) is 14.0. The van der Waals surface area contributed by atoms with Crippen LogP contribution < -0.4 is 5.43 Å². The van der Waals surface area contributed by atoms with Gasteiger partial charge in [-0.3, -0.25) is 14.3 Å². The Hall–Kier alpha value is -2.25. The van der Waals surface area contributed by atoms with Crippen molar-refractivity contribution in [3.05, 3.63) is 40.7 Å². The molecule has 2 saturated heterocycles. The summed E-state index contributed by atoms with van der Waals surface area (Å²) in [6.07, 6.45) is 2.93. The highest BCUT2D eigenvalue weighted by atomic mass is 16.7. The fourth-order valence-corrected chi connectivity index (χ4v) is 3.58. The van der Waals surface area contributed by atoms with Crippen LogP contribution in [-0.2, 0) is 20.8 Å². The van der Waals surface area contributed by atoms with E-state index in [2.05, 4.69) is 5.10 Å². The largest absolute Gasteiger partial charge is 0.350 e. The summed E-state index contributed by atoms with van der Waals surface area (Å²) >= 11 is 0. The number of rotatable bonds is 3. The summed E-state index contributed by atoms with van der Waals surface area (Å²) in [6, 6.07) is 7.23. The monoisotopic (exact) mass is 343 g/mol. The van der Waals surface area contributed by atoms with E-state index in [1.807, 2.05) is 23.1 Å². The van der Waals surface area contributed by atoms with Gasteiger partial charge in [0.15, 0.2) is 6.29 Å². The average molecular weight is 343 g/mol. The molecule has 25 heavy (non-hydrogen) atoms. The van der Waals surface area contributed by atoms with Gasteiger partial charge in [0.2, 0.25) is 11.3 Å². The number of ether oxygens (including phenoxy) is 2.